The molecule has 7 aromatic rings. The molecule has 160 valence electrons. The molecule has 3 heteroatoms. The van der Waals surface area contributed by atoms with Gasteiger partial charge in [0.2, 0.25) is 0 Å². The number of para-hydroxylation sites is 3. The van der Waals surface area contributed by atoms with Crippen LogP contribution in [-0.4, -0.2) is 14.8 Å². The van der Waals surface area contributed by atoms with Crippen LogP contribution in [0.5, 0.6) is 0 Å². The van der Waals surface area contributed by atoms with Gasteiger partial charge in [-0.05, 0) is 41.5 Å². The molecule has 5 aromatic carbocycles. The molecule has 0 aliphatic rings. The van der Waals surface area contributed by atoms with Crippen LogP contribution < -0.4 is 0 Å². The molecular formula is C31H21N3. The number of rotatable bonds is 3. The van der Waals surface area contributed by atoms with Gasteiger partial charge in [-0.25, -0.2) is 0 Å². The first-order chi connectivity index (χ1) is 16.9. The van der Waals surface area contributed by atoms with E-state index in [1.807, 2.05) is 6.07 Å². The number of aromatic nitrogens is 3. The zero-order chi connectivity index (χ0) is 22.5. The van der Waals surface area contributed by atoms with Gasteiger partial charge in [0.15, 0.2) is 0 Å². The Balaban J connectivity index is 1.26. The summed E-state index contributed by atoms with van der Waals surface area (Å²) in [6.07, 6.45) is 0. The van der Waals surface area contributed by atoms with E-state index in [4.69, 9.17) is 0 Å². The fraction of sp³-hybridized carbons (Fsp3) is 0. The van der Waals surface area contributed by atoms with Crippen molar-refractivity contribution in [1.82, 2.24) is 14.8 Å². The van der Waals surface area contributed by atoms with Crippen molar-refractivity contribution in [3.63, 3.8) is 0 Å². The van der Waals surface area contributed by atoms with E-state index < -0.39 is 0 Å². The SMILES string of the molecule is c1ccc2c(-c3ccc(-c4ccc(-n5c6ccccc6c6ccccc65)cc4)cc3)n[nH]c2c1. The van der Waals surface area contributed by atoms with E-state index in [2.05, 4.69) is 130 Å². The van der Waals surface area contributed by atoms with Crippen LogP contribution in [0.25, 0.3) is 60.8 Å². The van der Waals surface area contributed by atoms with Crippen LogP contribution in [0.2, 0.25) is 0 Å². The van der Waals surface area contributed by atoms with Crippen molar-refractivity contribution >= 4 is 32.7 Å². The maximum atomic E-state index is 4.53. The minimum atomic E-state index is 0.990. The maximum Gasteiger partial charge on any atom is 0.0999 e. The molecule has 0 atom stereocenters. The molecule has 7 rings (SSSR count). The molecule has 0 unspecified atom stereocenters. The van der Waals surface area contributed by atoms with E-state index in [1.165, 1.54) is 38.6 Å². The summed E-state index contributed by atoms with van der Waals surface area (Å²) < 4.78 is 2.35. The Hall–Kier alpha value is -4.63. The molecule has 0 aliphatic heterocycles. The molecule has 1 N–H and O–H groups in total. The molecule has 0 aliphatic carbocycles. The van der Waals surface area contributed by atoms with Gasteiger partial charge >= 0.3 is 0 Å². The lowest BCUT2D eigenvalue weighted by molar-refractivity contribution is 1.12. The predicted octanol–water partition coefficient (Wildman–Crippen LogP) is 7.99. The summed E-state index contributed by atoms with van der Waals surface area (Å²) in [6.45, 7) is 0. The summed E-state index contributed by atoms with van der Waals surface area (Å²) in [6, 6.07) is 42.9. The number of fused-ring (bicyclic) bond motifs is 4. The molecule has 0 amide bonds. The number of nitrogens with one attached hydrogen (secondary N) is 1. The molecule has 0 saturated heterocycles. The average molecular weight is 436 g/mol. The smallest absolute Gasteiger partial charge is 0.0999 e. The van der Waals surface area contributed by atoms with E-state index >= 15 is 0 Å². The van der Waals surface area contributed by atoms with Gasteiger partial charge < -0.3 is 4.57 Å². The monoisotopic (exact) mass is 435 g/mol. The van der Waals surface area contributed by atoms with Crippen molar-refractivity contribution in [1.29, 1.82) is 0 Å². The number of aromatic amines is 1. The molecule has 2 aromatic heterocycles. The Morgan fingerprint density at radius 3 is 1.62 bits per heavy atom. The Labute approximate surface area is 196 Å². The van der Waals surface area contributed by atoms with Gasteiger partial charge in [0.25, 0.3) is 0 Å². The zero-order valence-electron chi connectivity index (χ0n) is 18.4. The molecule has 0 radical (unpaired) electrons. The normalized spacial score (nSPS) is 11.5. The van der Waals surface area contributed by atoms with Crippen LogP contribution in [-0.2, 0) is 0 Å². The van der Waals surface area contributed by atoms with E-state index in [9.17, 15) is 0 Å². The third-order valence-corrected chi connectivity index (χ3v) is 6.67. The summed E-state index contributed by atoms with van der Waals surface area (Å²) in [5.41, 5.74) is 9.18. The van der Waals surface area contributed by atoms with Gasteiger partial charge in [0, 0.05) is 27.4 Å². The zero-order valence-corrected chi connectivity index (χ0v) is 18.4. The molecule has 34 heavy (non-hydrogen) atoms. The average Bonchev–Trinajstić information content (AvgIpc) is 3.49. The molecule has 3 nitrogen and oxygen atoms in total. The first-order valence-corrected chi connectivity index (χ1v) is 11.5. The Kier molecular flexibility index (Phi) is 4.15. The number of H-pyrrole nitrogens is 1. The molecule has 0 bridgehead atoms. The van der Waals surface area contributed by atoms with Crippen LogP contribution in [0.1, 0.15) is 0 Å². The third-order valence-electron chi connectivity index (χ3n) is 6.67. The van der Waals surface area contributed by atoms with Gasteiger partial charge in [-0.15, -0.1) is 0 Å². The number of benzene rings is 5. The lowest BCUT2D eigenvalue weighted by atomic mass is 10.0. The van der Waals surface area contributed by atoms with Crippen LogP contribution in [0.4, 0.5) is 0 Å². The first kappa shape index (κ1) is 18.9. The van der Waals surface area contributed by atoms with Crippen molar-refractivity contribution in [2.24, 2.45) is 0 Å². The first-order valence-electron chi connectivity index (χ1n) is 11.5. The molecule has 0 spiro atoms. The quantitative estimate of drug-likeness (QED) is 0.300. The van der Waals surface area contributed by atoms with Gasteiger partial charge in [-0.2, -0.15) is 5.10 Å². The van der Waals surface area contributed by atoms with Gasteiger partial charge in [-0.3, -0.25) is 5.10 Å². The Bertz CT molecular complexity index is 1730. The van der Waals surface area contributed by atoms with Crippen molar-refractivity contribution in [3.05, 3.63) is 121 Å². The minimum Gasteiger partial charge on any atom is -0.309 e. The number of nitrogens with zero attached hydrogens (tertiary/aromatic N) is 2. The standard InChI is InChI=1S/C31H21N3/c1-4-10-28-27(9-1)31(33-32-28)23-15-13-21(14-16-23)22-17-19-24(20-18-22)34-29-11-5-2-7-25(29)26-8-3-6-12-30(26)34/h1-20H,(H,32,33). The summed E-state index contributed by atoms with van der Waals surface area (Å²) in [5, 5.41) is 11.4. The van der Waals surface area contributed by atoms with Crippen LogP contribution in [0.15, 0.2) is 121 Å². The second-order valence-electron chi connectivity index (χ2n) is 8.61. The van der Waals surface area contributed by atoms with Crippen LogP contribution in [0, 0.1) is 0 Å². The summed E-state index contributed by atoms with van der Waals surface area (Å²) >= 11 is 0. The highest BCUT2D eigenvalue weighted by Gasteiger charge is 2.12. The van der Waals surface area contributed by atoms with Gasteiger partial charge in [0.1, 0.15) is 0 Å². The van der Waals surface area contributed by atoms with Gasteiger partial charge in [-0.1, -0.05) is 91.0 Å². The van der Waals surface area contributed by atoms with Gasteiger partial charge in [0.05, 0.1) is 22.2 Å². The van der Waals surface area contributed by atoms with Crippen molar-refractivity contribution < 1.29 is 0 Å². The topological polar surface area (TPSA) is 33.6 Å². The highest BCUT2D eigenvalue weighted by atomic mass is 15.1. The summed E-state index contributed by atoms with van der Waals surface area (Å²) in [4.78, 5) is 0. The Morgan fingerprint density at radius 1 is 0.471 bits per heavy atom. The number of hydrogen-bond donors (Lipinski definition) is 1. The second-order valence-corrected chi connectivity index (χ2v) is 8.61. The highest BCUT2D eigenvalue weighted by molar-refractivity contribution is 6.09. The predicted molar refractivity (Wildman–Crippen MR) is 141 cm³/mol. The third kappa shape index (κ3) is 2.87. The summed E-state index contributed by atoms with van der Waals surface area (Å²) in [7, 11) is 0. The molecule has 0 saturated carbocycles. The Morgan fingerprint density at radius 2 is 0.971 bits per heavy atom. The van der Waals surface area contributed by atoms with Crippen molar-refractivity contribution in [3.8, 4) is 28.1 Å². The largest absolute Gasteiger partial charge is 0.309 e. The highest BCUT2D eigenvalue weighted by Crippen LogP contribution is 2.33. The minimum absolute atomic E-state index is 0.990. The lowest BCUT2D eigenvalue weighted by Gasteiger charge is -2.09. The van der Waals surface area contributed by atoms with E-state index in [0.29, 0.717) is 0 Å². The molecule has 0 fully saturated rings. The van der Waals surface area contributed by atoms with Crippen LogP contribution in [0.3, 0.4) is 0 Å². The van der Waals surface area contributed by atoms with E-state index in [-0.39, 0.29) is 0 Å². The van der Waals surface area contributed by atoms with Crippen molar-refractivity contribution in [2.75, 3.05) is 0 Å². The van der Waals surface area contributed by atoms with Crippen molar-refractivity contribution in [2.45, 2.75) is 0 Å². The van der Waals surface area contributed by atoms with E-state index in [1.54, 1.807) is 0 Å². The fourth-order valence-corrected chi connectivity index (χ4v) is 5.01. The summed E-state index contributed by atoms with van der Waals surface area (Å²) in [5.74, 6) is 0. The molecular weight excluding hydrogens is 414 g/mol. The van der Waals surface area contributed by atoms with E-state index in [0.717, 1.165) is 22.2 Å². The number of hydrogen-bond acceptors (Lipinski definition) is 1. The lowest BCUT2D eigenvalue weighted by Crippen LogP contribution is -1.93. The second kappa shape index (κ2) is 7.46. The fourth-order valence-electron chi connectivity index (χ4n) is 5.01. The molecule has 2 heterocycles. The van der Waals surface area contributed by atoms with Crippen LogP contribution >= 0.6 is 0 Å². The maximum absolute atomic E-state index is 4.53.